The van der Waals surface area contributed by atoms with Crippen LogP contribution in [0.15, 0.2) is 22.4 Å². The Labute approximate surface area is 113 Å². The highest BCUT2D eigenvalue weighted by Crippen LogP contribution is 2.43. The molecule has 0 saturated carbocycles. The summed E-state index contributed by atoms with van der Waals surface area (Å²) in [6.45, 7) is 1.38. The lowest BCUT2D eigenvalue weighted by molar-refractivity contribution is -0.144. The van der Waals surface area contributed by atoms with Crippen molar-refractivity contribution in [3.63, 3.8) is 0 Å². The summed E-state index contributed by atoms with van der Waals surface area (Å²) in [5, 5.41) is 12.8. The summed E-state index contributed by atoms with van der Waals surface area (Å²) in [6, 6.07) is -0.00137. The average molecular weight is 284 g/mol. The SMILES string of the molecule is CC(=O)N/C=C/SC1=C(OC(=O)O)N2C(=O)CC2C1. The van der Waals surface area contributed by atoms with Crippen LogP contribution in [0.3, 0.4) is 0 Å². The number of hydrogen-bond acceptors (Lipinski definition) is 5. The molecule has 8 heteroatoms. The second-order valence-electron chi connectivity index (χ2n) is 4.04. The zero-order valence-corrected chi connectivity index (χ0v) is 10.9. The van der Waals surface area contributed by atoms with Gasteiger partial charge in [0.2, 0.25) is 17.7 Å². The van der Waals surface area contributed by atoms with Gasteiger partial charge in [-0.15, -0.1) is 0 Å². The first-order valence-electron chi connectivity index (χ1n) is 5.54. The Morgan fingerprint density at radius 3 is 2.84 bits per heavy atom. The Morgan fingerprint density at radius 1 is 1.53 bits per heavy atom. The predicted molar refractivity (Wildman–Crippen MR) is 66.6 cm³/mol. The minimum atomic E-state index is -1.45. The number of nitrogens with zero attached hydrogens (tertiary/aromatic N) is 1. The molecular weight excluding hydrogens is 272 g/mol. The summed E-state index contributed by atoms with van der Waals surface area (Å²) in [5.74, 6) is -0.243. The van der Waals surface area contributed by atoms with E-state index in [9.17, 15) is 14.4 Å². The Kier molecular flexibility index (Phi) is 3.79. The van der Waals surface area contributed by atoms with Crippen molar-refractivity contribution in [1.82, 2.24) is 10.2 Å². The van der Waals surface area contributed by atoms with Crippen LogP contribution in [0.2, 0.25) is 0 Å². The molecule has 7 nitrogen and oxygen atoms in total. The molecule has 1 fully saturated rings. The van der Waals surface area contributed by atoms with E-state index in [2.05, 4.69) is 10.1 Å². The van der Waals surface area contributed by atoms with Crippen LogP contribution >= 0.6 is 11.8 Å². The second kappa shape index (κ2) is 5.35. The van der Waals surface area contributed by atoms with Crippen LogP contribution in [0.1, 0.15) is 19.8 Å². The number of fused-ring (bicyclic) bond motifs is 1. The summed E-state index contributed by atoms with van der Waals surface area (Å²) < 4.78 is 4.67. The van der Waals surface area contributed by atoms with Gasteiger partial charge in [-0.2, -0.15) is 0 Å². The van der Waals surface area contributed by atoms with Gasteiger partial charge in [0.25, 0.3) is 0 Å². The Balaban J connectivity index is 2.05. The molecule has 19 heavy (non-hydrogen) atoms. The molecule has 2 heterocycles. The van der Waals surface area contributed by atoms with Crippen molar-refractivity contribution in [3.8, 4) is 0 Å². The molecule has 2 aliphatic rings. The lowest BCUT2D eigenvalue weighted by Gasteiger charge is -2.34. The Hall–Kier alpha value is -1.96. The fraction of sp³-hybridized carbons (Fsp3) is 0.364. The quantitative estimate of drug-likeness (QED) is 0.595. The maximum absolute atomic E-state index is 11.4. The van der Waals surface area contributed by atoms with Crippen LogP contribution in [-0.4, -0.2) is 34.0 Å². The molecule has 1 atom stereocenters. The third-order valence-electron chi connectivity index (χ3n) is 2.67. The van der Waals surface area contributed by atoms with Gasteiger partial charge in [0, 0.05) is 26.0 Å². The summed E-state index contributed by atoms with van der Waals surface area (Å²) in [6.07, 6.45) is 0.991. The van der Waals surface area contributed by atoms with Crippen molar-refractivity contribution in [2.24, 2.45) is 0 Å². The van der Waals surface area contributed by atoms with Gasteiger partial charge in [-0.05, 0) is 5.41 Å². The number of amides is 2. The number of β-lactam (4-membered cyclic amide) rings is 1. The van der Waals surface area contributed by atoms with Gasteiger partial charge < -0.3 is 15.2 Å². The highest BCUT2D eigenvalue weighted by Gasteiger charge is 2.47. The summed E-state index contributed by atoms with van der Waals surface area (Å²) in [5.41, 5.74) is 0. The molecule has 0 aromatic heterocycles. The monoisotopic (exact) mass is 284 g/mol. The maximum atomic E-state index is 11.4. The lowest BCUT2D eigenvalue weighted by Crippen LogP contribution is -2.48. The number of hydrogen-bond donors (Lipinski definition) is 2. The molecule has 0 aromatic carbocycles. The summed E-state index contributed by atoms with van der Waals surface area (Å²) in [4.78, 5) is 34.7. The highest BCUT2D eigenvalue weighted by atomic mass is 32.2. The number of thioether (sulfide) groups is 1. The van der Waals surface area contributed by atoms with Crippen molar-refractivity contribution in [3.05, 3.63) is 22.4 Å². The fourth-order valence-corrected chi connectivity index (χ4v) is 2.75. The minimum absolute atomic E-state index is 0.00137. The van der Waals surface area contributed by atoms with Crippen molar-refractivity contribution in [1.29, 1.82) is 0 Å². The van der Waals surface area contributed by atoms with E-state index in [0.29, 0.717) is 17.7 Å². The normalized spacial score (nSPS) is 21.4. The van der Waals surface area contributed by atoms with Crippen LogP contribution in [0.5, 0.6) is 0 Å². The van der Waals surface area contributed by atoms with Crippen LogP contribution in [0.4, 0.5) is 4.79 Å². The lowest BCUT2D eigenvalue weighted by atomic mass is 10.0. The number of ether oxygens (including phenoxy) is 1. The molecule has 2 rings (SSSR count). The third-order valence-corrected chi connectivity index (χ3v) is 3.57. The average Bonchev–Trinajstić information content (AvgIpc) is 2.55. The summed E-state index contributed by atoms with van der Waals surface area (Å²) in [7, 11) is 0. The molecule has 0 bridgehead atoms. The van der Waals surface area contributed by atoms with Crippen LogP contribution < -0.4 is 5.32 Å². The van der Waals surface area contributed by atoms with E-state index >= 15 is 0 Å². The molecule has 2 aliphatic heterocycles. The Bertz CT molecular complexity index is 499. The van der Waals surface area contributed by atoms with E-state index in [1.165, 1.54) is 29.8 Å². The van der Waals surface area contributed by atoms with Crippen molar-refractivity contribution >= 4 is 29.7 Å². The molecule has 0 aliphatic carbocycles. The van der Waals surface area contributed by atoms with Gasteiger partial charge in [0.05, 0.1) is 10.9 Å². The van der Waals surface area contributed by atoms with Gasteiger partial charge in [-0.3, -0.25) is 14.5 Å². The molecule has 0 radical (unpaired) electrons. The topological polar surface area (TPSA) is 95.9 Å². The number of carbonyl (C=O) groups excluding carboxylic acids is 2. The smallest absolute Gasteiger partial charge is 0.449 e. The van der Waals surface area contributed by atoms with Gasteiger partial charge in [0.1, 0.15) is 0 Å². The van der Waals surface area contributed by atoms with Crippen molar-refractivity contribution in [2.45, 2.75) is 25.8 Å². The molecule has 1 saturated heterocycles. The second-order valence-corrected chi connectivity index (χ2v) is 5.04. The molecule has 102 valence electrons. The number of carbonyl (C=O) groups is 3. The van der Waals surface area contributed by atoms with Crippen LogP contribution in [0, 0.1) is 0 Å². The van der Waals surface area contributed by atoms with Crippen molar-refractivity contribution < 1.29 is 24.2 Å². The summed E-state index contributed by atoms with van der Waals surface area (Å²) >= 11 is 1.23. The van der Waals surface area contributed by atoms with Gasteiger partial charge in [-0.25, -0.2) is 4.79 Å². The van der Waals surface area contributed by atoms with E-state index in [0.717, 1.165) is 0 Å². The van der Waals surface area contributed by atoms with Gasteiger partial charge >= 0.3 is 6.16 Å². The Morgan fingerprint density at radius 2 is 2.26 bits per heavy atom. The van der Waals surface area contributed by atoms with Crippen LogP contribution in [0.25, 0.3) is 0 Å². The number of carboxylic acid groups (broad SMARTS) is 1. The van der Waals surface area contributed by atoms with E-state index in [4.69, 9.17) is 5.11 Å². The zero-order valence-electron chi connectivity index (χ0n) is 10.1. The van der Waals surface area contributed by atoms with E-state index in [1.807, 2.05) is 0 Å². The minimum Gasteiger partial charge on any atom is -0.449 e. The first kappa shape index (κ1) is 13.5. The standard InChI is InChI=1S/C11H12N2O5S/c1-6(14)12-2-3-19-8-4-7-5-9(15)13(7)10(8)18-11(16)17/h2-3,7H,4-5H2,1H3,(H,12,14)(H,16,17)/b3-2+. The largest absolute Gasteiger partial charge is 0.512 e. The fourth-order valence-electron chi connectivity index (χ4n) is 1.92. The van der Waals surface area contributed by atoms with Gasteiger partial charge in [0.15, 0.2) is 0 Å². The van der Waals surface area contributed by atoms with E-state index in [-0.39, 0.29) is 23.7 Å². The zero-order chi connectivity index (χ0) is 14.0. The molecule has 0 spiro atoms. The molecule has 2 amide bonds. The molecule has 2 N–H and O–H groups in total. The molecular formula is C11H12N2O5S. The van der Waals surface area contributed by atoms with Crippen LogP contribution in [-0.2, 0) is 14.3 Å². The number of nitrogens with one attached hydrogen (secondary N) is 1. The number of rotatable bonds is 4. The maximum Gasteiger partial charge on any atom is 0.512 e. The van der Waals surface area contributed by atoms with E-state index < -0.39 is 6.16 Å². The molecule has 1 unspecified atom stereocenters. The van der Waals surface area contributed by atoms with Crippen molar-refractivity contribution in [2.75, 3.05) is 0 Å². The highest BCUT2D eigenvalue weighted by molar-refractivity contribution is 8.05. The first-order chi connectivity index (χ1) is 8.99. The third kappa shape index (κ3) is 2.90. The molecule has 0 aromatic rings. The van der Waals surface area contributed by atoms with E-state index in [1.54, 1.807) is 5.41 Å². The van der Waals surface area contributed by atoms with Gasteiger partial charge in [-0.1, -0.05) is 11.8 Å². The first-order valence-corrected chi connectivity index (χ1v) is 6.41. The predicted octanol–water partition coefficient (Wildman–Crippen LogP) is 1.20.